The molecule has 0 saturated carbocycles. The van der Waals surface area contributed by atoms with Crippen molar-refractivity contribution in [3.63, 3.8) is 0 Å². The minimum Gasteiger partial charge on any atom is -0.354 e. The summed E-state index contributed by atoms with van der Waals surface area (Å²) in [6.45, 7) is 7.52. The molecule has 39 heavy (non-hydrogen) atoms. The molecule has 0 aliphatic carbocycles. The van der Waals surface area contributed by atoms with Gasteiger partial charge in [-0.2, -0.15) is 0 Å². The summed E-state index contributed by atoms with van der Waals surface area (Å²) in [4.78, 5) is 28.1. The van der Waals surface area contributed by atoms with E-state index in [1.165, 1.54) is 41.3 Å². The maximum Gasteiger partial charge on any atom is 0.264 e. The Morgan fingerprint density at radius 3 is 2.08 bits per heavy atom. The summed E-state index contributed by atoms with van der Waals surface area (Å²) >= 11 is 0. The average molecular weight is 554 g/mol. The number of rotatable bonds is 12. The van der Waals surface area contributed by atoms with Crippen molar-refractivity contribution < 1.29 is 22.4 Å². The number of carbonyl (C=O) groups is 2. The molecule has 1 unspecified atom stereocenters. The normalized spacial score (nSPS) is 12.2. The fourth-order valence-corrected chi connectivity index (χ4v) is 5.47. The molecule has 0 radical (unpaired) electrons. The number of benzene rings is 3. The van der Waals surface area contributed by atoms with Crippen molar-refractivity contribution in [2.75, 3.05) is 17.4 Å². The molecule has 3 rings (SSSR count). The lowest BCUT2D eigenvalue weighted by atomic mass is 10.0. The molecule has 9 heteroatoms. The Morgan fingerprint density at radius 1 is 0.897 bits per heavy atom. The van der Waals surface area contributed by atoms with Gasteiger partial charge < -0.3 is 10.2 Å². The van der Waals surface area contributed by atoms with Crippen molar-refractivity contribution in [2.45, 2.75) is 57.5 Å². The van der Waals surface area contributed by atoms with Gasteiger partial charge in [0.1, 0.15) is 18.4 Å². The van der Waals surface area contributed by atoms with Crippen molar-refractivity contribution in [1.29, 1.82) is 0 Å². The number of halogens is 1. The van der Waals surface area contributed by atoms with Crippen LogP contribution in [0.1, 0.15) is 51.2 Å². The summed E-state index contributed by atoms with van der Waals surface area (Å²) in [7, 11) is -4.12. The van der Waals surface area contributed by atoms with Crippen LogP contribution in [-0.2, 0) is 26.2 Å². The van der Waals surface area contributed by atoms with Gasteiger partial charge >= 0.3 is 0 Å². The van der Waals surface area contributed by atoms with Gasteiger partial charge in [0.2, 0.25) is 11.8 Å². The number of hydrogen-bond donors (Lipinski definition) is 1. The number of sulfonamides is 1. The van der Waals surface area contributed by atoms with Gasteiger partial charge in [-0.05, 0) is 66.8 Å². The Bertz CT molecular complexity index is 1350. The molecule has 3 aromatic rings. The molecule has 0 bridgehead atoms. The van der Waals surface area contributed by atoms with Crippen LogP contribution in [0.5, 0.6) is 0 Å². The maximum atomic E-state index is 13.8. The second-order valence-electron chi connectivity index (χ2n) is 9.69. The van der Waals surface area contributed by atoms with Gasteiger partial charge in [0.05, 0.1) is 10.6 Å². The van der Waals surface area contributed by atoms with E-state index in [1.54, 1.807) is 37.3 Å². The summed E-state index contributed by atoms with van der Waals surface area (Å²) < 4.78 is 42.2. The molecular formula is C30H36FN3O4S. The lowest BCUT2D eigenvalue weighted by Crippen LogP contribution is -2.51. The number of nitrogens with one attached hydrogen (secondary N) is 1. The van der Waals surface area contributed by atoms with Crippen molar-refractivity contribution >= 4 is 27.5 Å². The van der Waals surface area contributed by atoms with E-state index in [0.29, 0.717) is 17.8 Å². The predicted molar refractivity (Wildman–Crippen MR) is 151 cm³/mol. The third-order valence-electron chi connectivity index (χ3n) is 6.44. The SMILES string of the molecule is CCCNC(=O)C(C)N(Cc1ccc(F)cc1)C(=O)CN(c1ccc(C(C)C)cc1)S(=O)(=O)c1ccccc1. The lowest BCUT2D eigenvalue weighted by Gasteiger charge is -2.32. The third-order valence-corrected chi connectivity index (χ3v) is 8.23. The third kappa shape index (κ3) is 7.66. The van der Waals surface area contributed by atoms with E-state index in [2.05, 4.69) is 5.32 Å². The minimum atomic E-state index is -4.12. The number of anilines is 1. The first-order valence-corrected chi connectivity index (χ1v) is 14.5. The molecule has 208 valence electrons. The second kappa shape index (κ2) is 13.4. The quantitative estimate of drug-likeness (QED) is 0.339. The molecule has 0 fully saturated rings. The summed E-state index contributed by atoms with van der Waals surface area (Å²) in [5.74, 6) is -1.10. The lowest BCUT2D eigenvalue weighted by molar-refractivity contribution is -0.139. The van der Waals surface area contributed by atoms with Gasteiger partial charge in [0.15, 0.2) is 0 Å². The van der Waals surface area contributed by atoms with Crippen LogP contribution in [0.25, 0.3) is 0 Å². The van der Waals surface area contributed by atoms with E-state index in [4.69, 9.17) is 0 Å². The van der Waals surface area contributed by atoms with Crippen LogP contribution in [0.15, 0.2) is 83.8 Å². The van der Waals surface area contributed by atoms with E-state index in [-0.39, 0.29) is 23.3 Å². The first kappa shape index (κ1) is 29.8. The first-order chi connectivity index (χ1) is 18.5. The van der Waals surface area contributed by atoms with Gasteiger partial charge in [0.25, 0.3) is 10.0 Å². The van der Waals surface area contributed by atoms with E-state index in [9.17, 15) is 22.4 Å². The largest absolute Gasteiger partial charge is 0.354 e. The molecule has 0 heterocycles. The zero-order valence-corrected chi connectivity index (χ0v) is 23.6. The fraction of sp³-hybridized carbons (Fsp3) is 0.333. The van der Waals surface area contributed by atoms with E-state index >= 15 is 0 Å². The highest BCUT2D eigenvalue weighted by molar-refractivity contribution is 7.92. The second-order valence-corrected chi connectivity index (χ2v) is 11.5. The van der Waals surface area contributed by atoms with Crippen molar-refractivity contribution in [1.82, 2.24) is 10.2 Å². The molecular weight excluding hydrogens is 517 g/mol. The van der Waals surface area contributed by atoms with Gasteiger partial charge in [-0.3, -0.25) is 13.9 Å². The van der Waals surface area contributed by atoms with Crippen LogP contribution in [0.2, 0.25) is 0 Å². The van der Waals surface area contributed by atoms with Gasteiger partial charge in [-0.25, -0.2) is 12.8 Å². The Kier molecular flexibility index (Phi) is 10.2. The molecule has 0 aromatic heterocycles. The number of carbonyl (C=O) groups excluding carboxylic acids is 2. The van der Waals surface area contributed by atoms with Crippen LogP contribution in [0, 0.1) is 5.82 Å². The van der Waals surface area contributed by atoms with Crippen molar-refractivity contribution in [2.24, 2.45) is 0 Å². The summed E-state index contributed by atoms with van der Waals surface area (Å²) in [5.41, 5.74) is 1.97. The Morgan fingerprint density at radius 2 is 1.51 bits per heavy atom. The summed E-state index contributed by atoms with van der Waals surface area (Å²) in [6, 6.07) is 19.7. The summed E-state index contributed by atoms with van der Waals surface area (Å²) in [6.07, 6.45) is 0.722. The minimum absolute atomic E-state index is 0.00529. The fourth-order valence-electron chi connectivity index (χ4n) is 4.04. The molecule has 0 saturated heterocycles. The number of amides is 2. The monoisotopic (exact) mass is 553 g/mol. The topological polar surface area (TPSA) is 86.8 Å². The molecule has 1 atom stereocenters. The molecule has 1 N–H and O–H groups in total. The Hall–Kier alpha value is -3.72. The smallest absolute Gasteiger partial charge is 0.264 e. The first-order valence-electron chi connectivity index (χ1n) is 13.0. The standard InChI is InChI=1S/C30H36FN3O4S/c1-5-19-32-30(36)23(4)33(20-24-11-15-26(31)16-12-24)29(35)21-34(27-17-13-25(14-18-27)22(2)3)39(37,38)28-9-7-6-8-10-28/h6-18,22-23H,5,19-21H2,1-4H3,(H,32,36). The van der Waals surface area contributed by atoms with Gasteiger partial charge in [-0.15, -0.1) is 0 Å². The predicted octanol–water partition coefficient (Wildman–Crippen LogP) is 5.09. The summed E-state index contributed by atoms with van der Waals surface area (Å²) in [5, 5.41) is 2.80. The molecule has 0 aliphatic rings. The Labute approximate surface area is 230 Å². The average Bonchev–Trinajstić information content (AvgIpc) is 2.94. The molecule has 3 aromatic carbocycles. The van der Waals surface area contributed by atoms with Crippen molar-refractivity contribution in [3.05, 3.63) is 95.8 Å². The highest BCUT2D eigenvalue weighted by Crippen LogP contribution is 2.26. The van der Waals surface area contributed by atoms with E-state index < -0.39 is 34.3 Å². The zero-order chi connectivity index (χ0) is 28.6. The molecule has 0 spiro atoms. The van der Waals surface area contributed by atoms with Crippen LogP contribution >= 0.6 is 0 Å². The molecule has 7 nitrogen and oxygen atoms in total. The number of nitrogens with zero attached hydrogens (tertiary/aromatic N) is 2. The van der Waals surface area contributed by atoms with Gasteiger partial charge in [0, 0.05) is 13.1 Å². The Balaban J connectivity index is 2.01. The molecule has 2 amide bonds. The van der Waals surface area contributed by atoms with Crippen LogP contribution < -0.4 is 9.62 Å². The highest BCUT2D eigenvalue weighted by Gasteiger charge is 2.32. The van der Waals surface area contributed by atoms with Crippen molar-refractivity contribution in [3.8, 4) is 0 Å². The maximum absolute atomic E-state index is 13.8. The molecule has 0 aliphatic heterocycles. The zero-order valence-electron chi connectivity index (χ0n) is 22.8. The van der Waals surface area contributed by atoms with Crippen LogP contribution in [0.4, 0.5) is 10.1 Å². The van der Waals surface area contributed by atoms with Gasteiger partial charge in [-0.1, -0.05) is 63.2 Å². The van der Waals surface area contributed by atoms with Crippen LogP contribution in [-0.4, -0.2) is 44.3 Å². The van der Waals surface area contributed by atoms with Crippen LogP contribution in [0.3, 0.4) is 0 Å². The highest BCUT2D eigenvalue weighted by atomic mass is 32.2. The van der Waals surface area contributed by atoms with E-state index in [0.717, 1.165) is 16.3 Å². The van der Waals surface area contributed by atoms with E-state index in [1.807, 2.05) is 32.9 Å². The number of hydrogen-bond acceptors (Lipinski definition) is 4.